The quantitative estimate of drug-likeness (QED) is 0.601. The highest BCUT2D eigenvalue weighted by atomic mass is 16.6. The number of aliphatic hydroxyl groups excluding tert-OH is 2. The van der Waals surface area contributed by atoms with Crippen molar-refractivity contribution in [2.24, 2.45) is 0 Å². The summed E-state index contributed by atoms with van der Waals surface area (Å²) in [6.07, 6.45) is 2.49. The van der Waals surface area contributed by atoms with Gasteiger partial charge in [-0.3, -0.25) is 4.79 Å². The van der Waals surface area contributed by atoms with Gasteiger partial charge in [-0.05, 0) is 31.2 Å². The summed E-state index contributed by atoms with van der Waals surface area (Å²) in [6.45, 7) is 1.48. The molecule has 5 rings (SSSR count). The lowest BCUT2D eigenvalue weighted by Crippen LogP contribution is -2.45. The van der Waals surface area contributed by atoms with Crippen LogP contribution in [0.25, 0.3) is 11.0 Å². The third-order valence-electron chi connectivity index (χ3n) is 5.68. The zero-order valence-corrected chi connectivity index (χ0v) is 13.1. The predicted molar refractivity (Wildman–Crippen MR) is 82.4 cm³/mol. The summed E-state index contributed by atoms with van der Waals surface area (Å²) in [6, 6.07) is 0. The lowest BCUT2D eigenvalue weighted by molar-refractivity contribution is -0.0964. The minimum Gasteiger partial charge on any atom is -0.390 e. The average molecular weight is 333 g/mol. The molecule has 3 aliphatic rings. The molecule has 2 aliphatic carbocycles. The summed E-state index contributed by atoms with van der Waals surface area (Å²) >= 11 is 0. The van der Waals surface area contributed by atoms with Crippen molar-refractivity contribution in [3.05, 3.63) is 28.4 Å². The molecule has 3 heterocycles. The van der Waals surface area contributed by atoms with E-state index in [4.69, 9.17) is 4.74 Å². The van der Waals surface area contributed by atoms with Crippen molar-refractivity contribution >= 4 is 11.0 Å². The fourth-order valence-corrected chi connectivity index (χ4v) is 4.03. The van der Waals surface area contributed by atoms with Gasteiger partial charge in [0, 0.05) is 12.6 Å². The van der Waals surface area contributed by atoms with E-state index >= 15 is 0 Å². The van der Waals surface area contributed by atoms with E-state index in [2.05, 4.69) is 9.97 Å². The maximum atomic E-state index is 12.3. The first-order valence-corrected chi connectivity index (χ1v) is 8.20. The van der Waals surface area contributed by atoms with Gasteiger partial charge in [0.2, 0.25) is 0 Å². The largest absolute Gasteiger partial charge is 0.390 e. The molecule has 24 heavy (non-hydrogen) atoms. The Bertz CT molecular complexity index is 899. The molecule has 1 unspecified atom stereocenters. The molecule has 0 radical (unpaired) electrons. The molecular formula is C16H19N3O5. The zero-order chi connectivity index (χ0) is 16.9. The van der Waals surface area contributed by atoms with Crippen LogP contribution in [0.15, 0.2) is 17.3 Å². The van der Waals surface area contributed by atoms with Crippen LogP contribution in [0.5, 0.6) is 0 Å². The molecular weight excluding hydrogens is 314 g/mol. The van der Waals surface area contributed by atoms with E-state index < -0.39 is 29.6 Å². The molecule has 5 atom stereocenters. The number of H-pyrrole nitrogens is 1. The fourth-order valence-electron chi connectivity index (χ4n) is 4.03. The van der Waals surface area contributed by atoms with E-state index in [-0.39, 0.29) is 12.0 Å². The van der Waals surface area contributed by atoms with Gasteiger partial charge in [0.1, 0.15) is 23.0 Å². The van der Waals surface area contributed by atoms with Gasteiger partial charge in [0.25, 0.3) is 5.56 Å². The Morgan fingerprint density at radius 1 is 1.42 bits per heavy atom. The number of rotatable bonds is 2. The zero-order valence-electron chi connectivity index (χ0n) is 13.1. The molecule has 1 aliphatic heterocycles. The maximum Gasteiger partial charge on any atom is 0.260 e. The number of ether oxygens (including phenoxy) is 1. The first-order valence-electron chi connectivity index (χ1n) is 8.20. The van der Waals surface area contributed by atoms with Gasteiger partial charge >= 0.3 is 0 Å². The topological polar surface area (TPSA) is 121 Å². The summed E-state index contributed by atoms with van der Waals surface area (Å²) in [5.41, 5.74) is -1.64. The van der Waals surface area contributed by atoms with Crippen LogP contribution in [0, 0.1) is 0 Å². The average Bonchev–Trinajstić information content (AvgIpc) is 3.43. The Balaban J connectivity index is 1.70. The highest BCUT2D eigenvalue weighted by Crippen LogP contribution is 2.57. The Kier molecular flexibility index (Phi) is 2.59. The number of hydrogen-bond donors (Lipinski definition) is 4. The molecule has 0 aromatic carbocycles. The summed E-state index contributed by atoms with van der Waals surface area (Å²) < 4.78 is 7.53. The first-order chi connectivity index (χ1) is 11.4. The third kappa shape index (κ3) is 1.66. The Labute approximate surface area is 136 Å². The van der Waals surface area contributed by atoms with Crippen LogP contribution in [0.2, 0.25) is 0 Å². The van der Waals surface area contributed by atoms with Gasteiger partial charge in [-0.15, -0.1) is 0 Å². The standard InChI is InChI=1S/C16H19N3O5/c1-15(23)13(22)16(4-9(16)20)24-14(15)19-5-8(7-2-3-7)10-11(19)17-6-18-12(10)21/h5-7,9,13-14,20,22-23H,2-4H2,1H3,(H,17,18,21)/t9-,13-,14+,15+,16?/m0/s1. The second kappa shape index (κ2) is 4.26. The van der Waals surface area contributed by atoms with Crippen LogP contribution in [0.3, 0.4) is 0 Å². The summed E-state index contributed by atoms with van der Waals surface area (Å²) in [5, 5.41) is 31.7. The molecule has 1 saturated heterocycles. The molecule has 0 amide bonds. The van der Waals surface area contributed by atoms with Crippen molar-refractivity contribution in [3.63, 3.8) is 0 Å². The van der Waals surface area contributed by atoms with Crippen LogP contribution in [-0.4, -0.2) is 53.3 Å². The fraction of sp³-hybridized carbons (Fsp3) is 0.625. The lowest BCUT2D eigenvalue weighted by Gasteiger charge is -2.27. The second-order valence-electron chi connectivity index (χ2n) is 7.47. The van der Waals surface area contributed by atoms with Crippen LogP contribution < -0.4 is 5.56 Å². The number of aliphatic hydroxyl groups is 3. The van der Waals surface area contributed by atoms with Gasteiger partial charge < -0.3 is 29.6 Å². The number of nitrogens with one attached hydrogen (secondary N) is 1. The van der Waals surface area contributed by atoms with Crippen LogP contribution in [0.1, 0.15) is 43.9 Å². The number of hydrogen-bond acceptors (Lipinski definition) is 6. The molecule has 2 aromatic rings. The van der Waals surface area contributed by atoms with Gasteiger partial charge in [-0.1, -0.05) is 0 Å². The minimum absolute atomic E-state index is 0.222. The van der Waals surface area contributed by atoms with Crippen molar-refractivity contribution in [2.45, 2.75) is 61.7 Å². The summed E-state index contributed by atoms with van der Waals surface area (Å²) in [5.74, 6) is 0.316. The summed E-state index contributed by atoms with van der Waals surface area (Å²) in [7, 11) is 0. The van der Waals surface area contributed by atoms with Crippen molar-refractivity contribution in [2.75, 3.05) is 0 Å². The van der Waals surface area contributed by atoms with Gasteiger partial charge in [-0.25, -0.2) is 4.98 Å². The molecule has 2 saturated carbocycles. The maximum absolute atomic E-state index is 12.3. The Hall–Kier alpha value is -1.74. The molecule has 128 valence electrons. The van der Waals surface area contributed by atoms with E-state index in [1.807, 2.05) is 0 Å². The molecule has 3 fully saturated rings. The second-order valence-corrected chi connectivity index (χ2v) is 7.47. The van der Waals surface area contributed by atoms with Crippen molar-refractivity contribution in [1.82, 2.24) is 14.5 Å². The number of fused-ring (bicyclic) bond motifs is 1. The smallest absolute Gasteiger partial charge is 0.260 e. The van der Waals surface area contributed by atoms with Crippen LogP contribution >= 0.6 is 0 Å². The van der Waals surface area contributed by atoms with Crippen LogP contribution in [-0.2, 0) is 4.74 Å². The third-order valence-corrected chi connectivity index (χ3v) is 5.68. The SMILES string of the molecule is C[C@@]1(O)[C@H](O)C2(C[C@@H]2O)O[C@H]1n1cc(C2CC2)c2c(=O)[nH]cnc21. The molecule has 0 bridgehead atoms. The van der Waals surface area contributed by atoms with Crippen molar-refractivity contribution in [1.29, 1.82) is 0 Å². The highest BCUT2D eigenvalue weighted by molar-refractivity contribution is 5.80. The molecule has 2 aromatic heterocycles. The van der Waals surface area contributed by atoms with E-state index in [1.54, 1.807) is 10.8 Å². The van der Waals surface area contributed by atoms with Gasteiger partial charge in [-0.2, -0.15) is 0 Å². The molecule has 8 nitrogen and oxygen atoms in total. The number of nitrogens with zero attached hydrogens (tertiary/aromatic N) is 2. The predicted octanol–water partition coefficient (Wildman–Crippen LogP) is -0.254. The van der Waals surface area contributed by atoms with E-state index in [9.17, 15) is 20.1 Å². The Morgan fingerprint density at radius 3 is 2.71 bits per heavy atom. The molecule has 1 spiro atoms. The minimum atomic E-state index is -1.60. The van der Waals surface area contributed by atoms with E-state index in [1.165, 1.54) is 13.3 Å². The normalized spacial score (nSPS) is 41.4. The number of aromatic amines is 1. The van der Waals surface area contributed by atoms with E-state index in [0.29, 0.717) is 17.0 Å². The molecule has 8 heteroatoms. The van der Waals surface area contributed by atoms with Crippen molar-refractivity contribution < 1.29 is 20.1 Å². The highest BCUT2D eigenvalue weighted by Gasteiger charge is 2.73. The first kappa shape index (κ1) is 14.6. The van der Waals surface area contributed by atoms with E-state index in [0.717, 1.165) is 18.4 Å². The summed E-state index contributed by atoms with van der Waals surface area (Å²) in [4.78, 5) is 19.1. The number of aromatic nitrogens is 3. The molecule has 4 N–H and O–H groups in total. The van der Waals surface area contributed by atoms with Crippen molar-refractivity contribution in [3.8, 4) is 0 Å². The monoisotopic (exact) mass is 333 g/mol. The van der Waals surface area contributed by atoms with Gasteiger partial charge in [0.05, 0.1) is 17.8 Å². The Morgan fingerprint density at radius 2 is 2.12 bits per heavy atom. The van der Waals surface area contributed by atoms with Crippen LogP contribution in [0.4, 0.5) is 0 Å². The van der Waals surface area contributed by atoms with Gasteiger partial charge in [0.15, 0.2) is 6.23 Å². The lowest BCUT2D eigenvalue weighted by atomic mass is 9.95.